The Bertz CT molecular complexity index is 1860. The van der Waals surface area contributed by atoms with E-state index < -0.39 is 17.1 Å². The molecule has 10 heteroatoms. The van der Waals surface area contributed by atoms with E-state index in [1.54, 1.807) is 60.7 Å². The SMILES string of the molecule is CCC(Sc1cccc(NC(=O)/C(=C/c2ccco2)NC(=O)c2ccccc2)c1)C(=O)Nc1scc(-c2ccccc2)c1C#N. The molecule has 2 heterocycles. The second-order valence-electron chi connectivity index (χ2n) is 9.71. The number of anilines is 2. The molecule has 5 aromatic rings. The number of rotatable bonds is 11. The Morgan fingerprint density at radius 3 is 2.40 bits per heavy atom. The second-order valence-corrected chi connectivity index (χ2v) is 11.9. The van der Waals surface area contributed by atoms with Crippen LogP contribution in [0.2, 0.25) is 0 Å². The molecule has 0 saturated carbocycles. The van der Waals surface area contributed by atoms with Gasteiger partial charge >= 0.3 is 0 Å². The lowest BCUT2D eigenvalue weighted by atomic mass is 10.1. The van der Waals surface area contributed by atoms with Crippen LogP contribution in [0, 0.1) is 11.3 Å². The predicted molar refractivity (Wildman–Crippen MR) is 179 cm³/mol. The summed E-state index contributed by atoms with van der Waals surface area (Å²) in [6.45, 7) is 1.92. The van der Waals surface area contributed by atoms with Crippen LogP contribution in [0.5, 0.6) is 0 Å². The molecule has 3 N–H and O–H groups in total. The largest absolute Gasteiger partial charge is 0.465 e. The Labute approximate surface area is 268 Å². The van der Waals surface area contributed by atoms with Crippen LogP contribution in [0.4, 0.5) is 10.7 Å². The van der Waals surface area contributed by atoms with Gasteiger partial charge < -0.3 is 20.4 Å². The monoisotopic (exact) mass is 632 g/mol. The lowest BCUT2D eigenvalue weighted by Crippen LogP contribution is -2.30. The zero-order valence-electron chi connectivity index (χ0n) is 24.2. The van der Waals surface area contributed by atoms with Crippen LogP contribution in [0.15, 0.2) is 124 Å². The zero-order valence-corrected chi connectivity index (χ0v) is 25.8. The number of thioether (sulfide) groups is 1. The van der Waals surface area contributed by atoms with Crippen LogP contribution in [0.1, 0.15) is 35.0 Å². The maximum absolute atomic E-state index is 13.3. The molecular weight excluding hydrogens is 605 g/mol. The summed E-state index contributed by atoms with van der Waals surface area (Å²) in [5.74, 6) is -0.803. The summed E-state index contributed by atoms with van der Waals surface area (Å²) in [7, 11) is 0. The standard InChI is InChI=1S/C35H28N4O4S2/c1-2-31(34(42)39-35-28(21-36)29(22-44-35)23-11-5-3-6-12-23)45-27-17-9-15-25(19-27)37-33(41)30(20-26-16-10-18-43-26)38-32(40)24-13-7-4-8-14-24/h3-20,22,31H,2H2,1H3,(H,37,41)(H,38,40)(H,39,42)/b30-20-. The minimum atomic E-state index is -0.543. The third-order valence-corrected chi connectivity index (χ3v) is 8.87. The highest BCUT2D eigenvalue weighted by atomic mass is 32.2. The number of nitriles is 1. The van der Waals surface area contributed by atoms with Gasteiger partial charge in [0.05, 0.1) is 17.1 Å². The average Bonchev–Trinajstić information content (AvgIpc) is 3.74. The van der Waals surface area contributed by atoms with Crippen molar-refractivity contribution in [3.05, 3.63) is 131 Å². The van der Waals surface area contributed by atoms with Crippen molar-refractivity contribution in [2.75, 3.05) is 10.6 Å². The maximum atomic E-state index is 13.3. The molecule has 0 bridgehead atoms. The van der Waals surface area contributed by atoms with Crippen molar-refractivity contribution in [1.29, 1.82) is 5.26 Å². The van der Waals surface area contributed by atoms with Crippen LogP contribution >= 0.6 is 23.1 Å². The van der Waals surface area contributed by atoms with E-state index in [9.17, 15) is 19.6 Å². The van der Waals surface area contributed by atoms with Crippen molar-refractivity contribution in [2.45, 2.75) is 23.5 Å². The van der Waals surface area contributed by atoms with Gasteiger partial charge in [0.15, 0.2) is 0 Å². The minimum absolute atomic E-state index is 0.00166. The topological polar surface area (TPSA) is 124 Å². The molecule has 0 aliphatic rings. The van der Waals surface area contributed by atoms with Crippen LogP contribution in [-0.4, -0.2) is 23.0 Å². The van der Waals surface area contributed by atoms with Crippen LogP contribution < -0.4 is 16.0 Å². The normalized spacial score (nSPS) is 11.7. The average molecular weight is 633 g/mol. The first kappa shape index (κ1) is 31.1. The molecule has 0 radical (unpaired) electrons. The molecule has 8 nitrogen and oxygen atoms in total. The number of amides is 3. The number of carbonyl (C=O) groups excluding carboxylic acids is 3. The smallest absolute Gasteiger partial charge is 0.272 e. The van der Waals surface area contributed by atoms with Gasteiger partial charge in [0.2, 0.25) is 5.91 Å². The first-order chi connectivity index (χ1) is 21.9. The van der Waals surface area contributed by atoms with E-state index >= 15 is 0 Å². The van der Waals surface area contributed by atoms with Gasteiger partial charge in [-0.2, -0.15) is 5.26 Å². The van der Waals surface area contributed by atoms with E-state index in [1.807, 2.05) is 48.7 Å². The van der Waals surface area contributed by atoms with E-state index in [0.29, 0.717) is 34.0 Å². The summed E-state index contributed by atoms with van der Waals surface area (Å²) in [4.78, 5) is 40.3. The molecule has 3 aromatic carbocycles. The number of thiophene rings is 1. The third kappa shape index (κ3) is 7.97. The fourth-order valence-corrected chi connectivity index (χ4v) is 6.31. The van der Waals surface area contributed by atoms with Gasteiger partial charge in [-0.3, -0.25) is 14.4 Å². The summed E-state index contributed by atoms with van der Waals surface area (Å²) in [5, 5.41) is 20.2. The highest BCUT2D eigenvalue weighted by Crippen LogP contribution is 2.36. The molecule has 2 aromatic heterocycles. The van der Waals surface area contributed by atoms with E-state index in [1.165, 1.54) is 35.4 Å². The van der Waals surface area contributed by atoms with Crippen LogP contribution in [0.25, 0.3) is 17.2 Å². The Kier molecular flexibility index (Phi) is 10.3. The number of benzene rings is 3. The molecule has 3 amide bonds. The highest BCUT2D eigenvalue weighted by Gasteiger charge is 2.22. The van der Waals surface area contributed by atoms with E-state index in [-0.39, 0.29) is 11.6 Å². The quantitative estimate of drug-likeness (QED) is 0.101. The summed E-state index contributed by atoms with van der Waals surface area (Å²) in [6, 6.07) is 30.9. The van der Waals surface area contributed by atoms with Gasteiger partial charge in [-0.25, -0.2) is 0 Å². The molecule has 45 heavy (non-hydrogen) atoms. The Morgan fingerprint density at radius 1 is 0.956 bits per heavy atom. The molecule has 0 spiro atoms. The van der Waals surface area contributed by atoms with Gasteiger partial charge in [-0.15, -0.1) is 23.1 Å². The highest BCUT2D eigenvalue weighted by molar-refractivity contribution is 8.00. The van der Waals surface area contributed by atoms with Crippen molar-refractivity contribution < 1.29 is 18.8 Å². The second kappa shape index (κ2) is 14.9. The maximum Gasteiger partial charge on any atom is 0.272 e. The van der Waals surface area contributed by atoms with Crippen molar-refractivity contribution in [3.63, 3.8) is 0 Å². The molecule has 0 fully saturated rings. The molecule has 224 valence electrons. The molecule has 1 unspecified atom stereocenters. The van der Waals surface area contributed by atoms with Crippen LogP contribution in [0.3, 0.4) is 0 Å². The lowest BCUT2D eigenvalue weighted by molar-refractivity contribution is -0.116. The molecule has 0 saturated heterocycles. The zero-order chi connectivity index (χ0) is 31.6. The number of hydrogen-bond donors (Lipinski definition) is 3. The van der Waals surface area contributed by atoms with Crippen LogP contribution in [-0.2, 0) is 9.59 Å². The number of furan rings is 1. The number of carbonyl (C=O) groups is 3. The predicted octanol–water partition coefficient (Wildman–Crippen LogP) is 7.80. The van der Waals surface area contributed by atoms with E-state index in [4.69, 9.17) is 4.42 Å². The van der Waals surface area contributed by atoms with Crippen molar-refractivity contribution in [1.82, 2.24) is 5.32 Å². The summed E-state index contributed by atoms with van der Waals surface area (Å²) >= 11 is 2.67. The van der Waals surface area contributed by atoms with E-state index in [2.05, 4.69) is 22.0 Å². The molecule has 1 atom stereocenters. The van der Waals surface area contributed by atoms with E-state index in [0.717, 1.165) is 16.0 Å². The van der Waals surface area contributed by atoms with Gasteiger partial charge in [-0.05, 0) is 54.4 Å². The Balaban J connectivity index is 1.28. The summed E-state index contributed by atoms with van der Waals surface area (Å²) < 4.78 is 5.36. The number of nitrogens with zero attached hydrogens (tertiary/aromatic N) is 1. The Morgan fingerprint density at radius 2 is 1.71 bits per heavy atom. The minimum Gasteiger partial charge on any atom is -0.465 e. The molecule has 0 aliphatic heterocycles. The molecule has 0 aliphatic carbocycles. The number of nitrogens with one attached hydrogen (secondary N) is 3. The fourth-order valence-electron chi connectivity index (χ4n) is 4.37. The van der Waals surface area contributed by atoms with Gasteiger partial charge in [-0.1, -0.05) is 61.5 Å². The Hall–Kier alpha value is -5.37. The van der Waals surface area contributed by atoms with Crippen molar-refractivity contribution in [2.24, 2.45) is 0 Å². The first-order valence-electron chi connectivity index (χ1n) is 14.0. The van der Waals surface area contributed by atoms with Gasteiger partial charge in [0.25, 0.3) is 11.8 Å². The third-order valence-electron chi connectivity index (χ3n) is 6.62. The summed E-state index contributed by atoms with van der Waals surface area (Å²) in [6.07, 6.45) is 3.46. The van der Waals surface area contributed by atoms with Gasteiger partial charge in [0, 0.05) is 33.2 Å². The summed E-state index contributed by atoms with van der Waals surface area (Å²) in [5.41, 5.74) is 3.01. The lowest BCUT2D eigenvalue weighted by Gasteiger charge is -2.15. The first-order valence-corrected chi connectivity index (χ1v) is 15.8. The van der Waals surface area contributed by atoms with Crippen molar-refractivity contribution >= 4 is 57.6 Å². The van der Waals surface area contributed by atoms with Gasteiger partial charge in [0.1, 0.15) is 22.5 Å². The van der Waals surface area contributed by atoms with Crippen molar-refractivity contribution in [3.8, 4) is 17.2 Å². The number of hydrogen-bond acceptors (Lipinski definition) is 7. The fraction of sp³-hybridized carbons (Fsp3) is 0.0857. The molecular formula is C35H28N4O4S2. The molecule has 5 rings (SSSR count).